The van der Waals surface area contributed by atoms with Gasteiger partial charge in [-0.1, -0.05) is 32.1 Å². The molecule has 2 aliphatic rings. The second-order valence-electron chi connectivity index (χ2n) is 6.60. The predicted molar refractivity (Wildman–Crippen MR) is 83.8 cm³/mol. The van der Waals surface area contributed by atoms with Gasteiger partial charge in [0.2, 0.25) is 0 Å². The van der Waals surface area contributed by atoms with Gasteiger partial charge in [-0.2, -0.15) is 5.10 Å². The van der Waals surface area contributed by atoms with Crippen LogP contribution in [0.5, 0.6) is 0 Å². The minimum atomic E-state index is -2.90. The number of rotatable bonds is 4. The summed E-state index contributed by atoms with van der Waals surface area (Å²) in [5.74, 6) is 1.88. The van der Waals surface area contributed by atoms with Crippen molar-refractivity contribution in [2.24, 2.45) is 5.92 Å². The molecule has 0 spiro atoms. The number of nitrogen functional groups attached to an aromatic ring is 1. The van der Waals surface area contributed by atoms with Crippen molar-refractivity contribution in [3.63, 3.8) is 0 Å². The maximum Gasteiger partial charge on any atom is 0.152 e. The van der Waals surface area contributed by atoms with E-state index < -0.39 is 9.84 Å². The minimum Gasteiger partial charge on any atom is -0.384 e. The first-order chi connectivity index (χ1) is 10.0. The van der Waals surface area contributed by atoms with Crippen LogP contribution in [0, 0.1) is 5.92 Å². The van der Waals surface area contributed by atoms with Gasteiger partial charge in [0.25, 0.3) is 0 Å². The topological polar surface area (TPSA) is 78.0 Å². The molecule has 1 unspecified atom stereocenters. The van der Waals surface area contributed by atoms with Crippen LogP contribution in [0.3, 0.4) is 0 Å². The number of anilines is 1. The van der Waals surface area contributed by atoms with E-state index >= 15 is 0 Å². The Hall–Kier alpha value is -1.04. The monoisotopic (exact) mass is 311 g/mol. The summed E-state index contributed by atoms with van der Waals surface area (Å²) < 4.78 is 24.9. The Kier molecular flexibility index (Phi) is 4.24. The standard InChI is InChI=1S/C15H25N3O2S/c16-15-10-13(7-6-12-4-2-1-3-5-12)17-18(15)14-8-9-21(19,20)11-14/h10,12,14H,1-9,11,16H2. The van der Waals surface area contributed by atoms with Crippen molar-refractivity contribution in [2.45, 2.75) is 57.4 Å². The molecule has 3 rings (SSSR count). The maximum atomic E-state index is 11.6. The van der Waals surface area contributed by atoms with Gasteiger partial charge in [0.15, 0.2) is 9.84 Å². The van der Waals surface area contributed by atoms with E-state index in [-0.39, 0.29) is 17.5 Å². The summed E-state index contributed by atoms with van der Waals surface area (Å²) in [6.07, 6.45) is 9.57. The summed E-state index contributed by atoms with van der Waals surface area (Å²) in [7, 11) is -2.90. The fourth-order valence-electron chi connectivity index (χ4n) is 3.67. The first-order valence-electron chi connectivity index (χ1n) is 8.08. The second kappa shape index (κ2) is 5.99. The van der Waals surface area contributed by atoms with Gasteiger partial charge < -0.3 is 5.73 Å². The minimum absolute atomic E-state index is 0.0709. The third-order valence-corrected chi connectivity index (χ3v) is 6.65. The quantitative estimate of drug-likeness (QED) is 0.925. The molecule has 0 amide bonds. The number of nitrogens with two attached hydrogens (primary N) is 1. The second-order valence-corrected chi connectivity index (χ2v) is 8.83. The van der Waals surface area contributed by atoms with Gasteiger partial charge >= 0.3 is 0 Å². The number of hydrogen-bond acceptors (Lipinski definition) is 4. The maximum absolute atomic E-state index is 11.6. The molecule has 1 saturated carbocycles. The molecule has 2 heterocycles. The van der Waals surface area contributed by atoms with Gasteiger partial charge in [-0.05, 0) is 25.2 Å². The van der Waals surface area contributed by atoms with Crippen molar-refractivity contribution < 1.29 is 8.42 Å². The van der Waals surface area contributed by atoms with E-state index in [4.69, 9.17) is 5.73 Å². The van der Waals surface area contributed by atoms with Crippen LogP contribution in [0.15, 0.2) is 6.07 Å². The third-order valence-electron chi connectivity index (χ3n) is 4.90. The lowest BCUT2D eigenvalue weighted by atomic mass is 9.86. The SMILES string of the molecule is Nc1cc(CCC2CCCCC2)nn1C1CCS(=O)(=O)C1. The molecule has 1 aliphatic heterocycles. The van der Waals surface area contributed by atoms with E-state index in [0.717, 1.165) is 18.0 Å². The highest BCUT2D eigenvalue weighted by molar-refractivity contribution is 7.91. The Morgan fingerprint density at radius 2 is 2.00 bits per heavy atom. The summed E-state index contributed by atoms with van der Waals surface area (Å²) >= 11 is 0. The molecule has 2 fully saturated rings. The summed E-state index contributed by atoms with van der Waals surface area (Å²) in [5.41, 5.74) is 7.04. The van der Waals surface area contributed by atoms with Crippen molar-refractivity contribution in [1.82, 2.24) is 9.78 Å². The Bertz CT molecular complexity index is 588. The van der Waals surface area contributed by atoms with Gasteiger partial charge in [-0.3, -0.25) is 0 Å². The molecule has 1 aliphatic carbocycles. The molecule has 6 heteroatoms. The van der Waals surface area contributed by atoms with Gasteiger partial charge in [0.1, 0.15) is 5.82 Å². The lowest BCUT2D eigenvalue weighted by Gasteiger charge is -2.20. The zero-order chi connectivity index (χ0) is 14.9. The van der Waals surface area contributed by atoms with Crippen LogP contribution in [-0.4, -0.2) is 29.7 Å². The van der Waals surface area contributed by atoms with Crippen molar-refractivity contribution in [3.05, 3.63) is 11.8 Å². The fraction of sp³-hybridized carbons (Fsp3) is 0.800. The fourth-order valence-corrected chi connectivity index (χ4v) is 5.36. The molecule has 0 radical (unpaired) electrons. The molecular formula is C15H25N3O2S. The summed E-state index contributed by atoms with van der Waals surface area (Å²) in [5, 5.41) is 4.57. The van der Waals surface area contributed by atoms with Crippen molar-refractivity contribution in [2.75, 3.05) is 17.2 Å². The average molecular weight is 311 g/mol. The van der Waals surface area contributed by atoms with Crippen LogP contribution in [-0.2, 0) is 16.3 Å². The van der Waals surface area contributed by atoms with E-state index in [0.29, 0.717) is 12.2 Å². The Labute approximate surface area is 126 Å². The Morgan fingerprint density at radius 3 is 2.67 bits per heavy atom. The van der Waals surface area contributed by atoms with Gasteiger partial charge in [0.05, 0.1) is 23.2 Å². The Morgan fingerprint density at radius 1 is 1.24 bits per heavy atom. The lowest BCUT2D eigenvalue weighted by molar-refractivity contribution is 0.337. The van der Waals surface area contributed by atoms with E-state index in [1.807, 2.05) is 6.07 Å². The zero-order valence-electron chi connectivity index (χ0n) is 12.5. The predicted octanol–water partition coefficient (Wildman–Crippen LogP) is 2.34. The molecule has 0 bridgehead atoms. The summed E-state index contributed by atoms with van der Waals surface area (Å²) in [6.45, 7) is 0. The highest BCUT2D eigenvalue weighted by Crippen LogP contribution is 2.29. The van der Waals surface area contributed by atoms with E-state index in [9.17, 15) is 8.42 Å². The highest BCUT2D eigenvalue weighted by atomic mass is 32.2. The first kappa shape index (κ1) is 14.9. The molecule has 5 nitrogen and oxygen atoms in total. The molecule has 1 aromatic rings. The summed E-state index contributed by atoms with van der Waals surface area (Å²) in [6, 6.07) is 1.85. The van der Waals surface area contributed by atoms with Crippen molar-refractivity contribution >= 4 is 15.7 Å². The molecule has 1 saturated heterocycles. The molecule has 21 heavy (non-hydrogen) atoms. The normalized spacial score (nSPS) is 26.2. The van der Waals surface area contributed by atoms with Crippen LogP contribution >= 0.6 is 0 Å². The van der Waals surface area contributed by atoms with Gasteiger partial charge in [-0.15, -0.1) is 0 Å². The first-order valence-corrected chi connectivity index (χ1v) is 9.90. The number of hydrogen-bond donors (Lipinski definition) is 1. The lowest BCUT2D eigenvalue weighted by Crippen LogP contribution is -2.15. The largest absolute Gasteiger partial charge is 0.384 e. The smallest absolute Gasteiger partial charge is 0.152 e. The van der Waals surface area contributed by atoms with E-state index in [1.165, 1.54) is 38.5 Å². The Balaban J connectivity index is 1.61. The van der Waals surface area contributed by atoms with Gasteiger partial charge in [-0.25, -0.2) is 13.1 Å². The van der Waals surface area contributed by atoms with Gasteiger partial charge in [0, 0.05) is 6.07 Å². The molecule has 1 atom stereocenters. The molecule has 118 valence electrons. The number of nitrogens with zero attached hydrogens (tertiary/aromatic N) is 2. The summed E-state index contributed by atoms with van der Waals surface area (Å²) in [4.78, 5) is 0. The van der Waals surface area contributed by atoms with Crippen molar-refractivity contribution in [1.29, 1.82) is 0 Å². The van der Waals surface area contributed by atoms with E-state index in [1.54, 1.807) is 4.68 Å². The third kappa shape index (κ3) is 3.59. The van der Waals surface area contributed by atoms with Crippen LogP contribution in [0.4, 0.5) is 5.82 Å². The number of aromatic nitrogens is 2. The van der Waals surface area contributed by atoms with Crippen LogP contribution < -0.4 is 5.73 Å². The molecule has 1 aromatic heterocycles. The molecular weight excluding hydrogens is 286 g/mol. The van der Waals surface area contributed by atoms with Crippen LogP contribution in [0.25, 0.3) is 0 Å². The average Bonchev–Trinajstić information content (AvgIpc) is 3.00. The number of aryl methyl sites for hydroxylation is 1. The highest BCUT2D eigenvalue weighted by Gasteiger charge is 2.30. The van der Waals surface area contributed by atoms with Crippen LogP contribution in [0.1, 0.15) is 56.7 Å². The molecule has 2 N–H and O–H groups in total. The van der Waals surface area contributed by atoms with Crippen molar-refractivity contribution in [3.8, 4) is 0 Å². The van der Waals surface area contributed by atoms with E-state index in [2.05, 4.69) is 5.10 Å². The van der Waals surface area contributed by atoms with Crippen LogP contribution in [0.2, 0.25) is 0 Å². The number of sulfone groups is 1. The zero-order valence-corrected chi connectivity index (χ0v) is 13.3. The molecule has 0 aromatic carbocycles.